The molecule has 0 aliphatic rings. The predicted octanol–water partition coefficient (Wildman–Crippen LogP) is 2.64. The second kappa shape index (κ2) is 6.56. The Morgan fingerprint density at radius 1 is 1.38 bits per heavy atom. The smallest absolute Gasteiger partial charge is 0.228 e. The standard InChI is InChI=1S/C15H20ClN3O2/c1-15(2,20)10-19(3)8-7-13-17-14(18-21-13)11-5-4-6-12(16)9-11/h4-6,9,20H,7-8,10H2,1-3H3. The van der Waals surface area contributed by atoms with E-state index in [0.717, 1.165) is 12.1 Å². The monoisotopic (exact) mass is 309 g/mol. The molecule has 0 saturated heterocycles. The Bertz CT molecular complexity index is 593. The van der Waals surface area contributed by atoms with Gasteiger partial charge in [0.15, 0.2) is 0 Å². The van der Waals surface area contributed by atoms with Gasteiger partial charge in [0.05, 0.1) is 5.60 Å². The Balaban J connectivity index is 1.95. The molecule has 0 fully saturated rings. The van der Waals surface area contributed by atoms with E-state index in [-0.39, 0.29) is 0 Å². The van der Waals surface area contributed by atoms with Crippen molar-refractivity contribution in [3.63, 3.8) is 0 Å². The van der Waals surface area contributed by atoms with Gasteiger partial charge in [-0.2, -0.15) is 4.98 Å². The Morgan fingerprint density at radius 3 is 2.81 bits per heavy atom. The van der Waals surface area contributed by atoms with Crippen molar-refractivity contribution in [2.24, 2.45) is 0 Å². The van der Waals surface area contributed by atoms with Gasteiger partial charge in [0, 0.05) is 30.1 Å². The Labute approximate surface area is 129 Å². The minimum Gasteiger partial charge on any atom is -0.389 e. The van der Waals surface area contributed by atoms with Gasteiger partial charge >= 0.3 is 0 Å². The van der Waals surface area contributed by atoms with Gasteiger partial charge < -0.3 is 14.5 Å². The lowest BCUT2D eigenvalue weighted by molar-refractivity contribution is 0.0444. The van der Waals surface area contributed by atoms with E-state index < -0.39 is 5.60 Å². The van der Waals surface area contributed by atoms with E-state index >= 15 is 0 Å². The van der Waals surface area contributed by atoms with E-state index in [0.29, 0.717) is 29.7 Å². The molecule has 2 rings (SSSR count). The molecule has 0 saturated carbocycles. The van der Waals surface area contributed by atoms with Crippen LogP contribution in [0.2, 0.25) is 5.02 Å². The van der Waals surface area contributed by atoms with Crippen molar-refractivity contribution in [2.45, 2.75) is 25.9 Å². The van der Waals surface area contributed by atoms with E-state index in [2.05, 4.69) is 10.1 Å². The minimum absolute atomic E-state index is 0.539. The van der Waals surface area contributed by atoms with Crippen LogP contribution in [0.4, 0.5) is 0 Å². The third-order valence-electron chi connectivity index (χ3n) is 2.92. The lowest BCUT2D eigenvalue weighted by atomic mass is 10.1. The van der Waals surface area contributed by atoms with Gasteiger partial charge in [-0.25, -0.2) is 0 Å². The van der Waals surface area contributed by atoms with E-state index in [4.69, 9.17) is 16.1 Å². The molecule has 114 valence electrons. The van der Waals surface area contributed by atoms with Crippen molar-refractivity contribution >= 4 is 11.6 Å². The van der Waals surface area contributed by atoms with Gasteiger partial charge in [-0.05, 0) is 33.0 Å². The number of halogens is 1. The molecule has 1 aromatic carbocycles. The van der Waals surface area contributed by atoms with Crippen LogP contribution >= 0.6 is 11.6 Å². The fourth-order valence-electron chi connectivity index (χ4n) is 2.13. The average Bonchev–Trinajstić information content (AvgIpc) is 2.83. The number of hydrogen-bond donors (Lipinski definition) is 1. The molecule has 0 spiro atoms. The second-order valence-corrected chi connectivity index (χ2v) is 6.26. The number of aliphatic hydroxyl groups is 1. The molecular weight excluding hydrogens is 290 g/mol. The van der Waals surface area contributed by atoms with Crippen LogP contribution in [0.3, 0.4) is 0 Å². The van der Waals surface area contributed by atoms with Crippen molar-refractivity contribution in [2.75, 3.05) is 20.1 Å². The third kappa shape index (κ3) is 5.12. The largest absolute Gasteiger partial charge is 0.389 e. The zero-order valence-corrected chi connectivity index (χ0v) is 13.3. The number of rotatable bonds is 6. The minimum atomic E-state index is -0.713. The molecule has 0 amide bonds. The van der Waals surface area contributed by atoms with Gasteiger partial charge in [0.2, 0.25) is 11.7 Å². The van der Waals surface area contributed by atoms with Crippen LogP contribution in [0.25, 0.3) is 11.4 Å². The van der Waals surface area contributed by atoms with Crippen LogP contribution in [0.5, 0.6) is 0 Å². The van der Waals surface area contributed by atoms with E-state index in [1.54, 1.807) is 26.0 Å². The molecule has 0 radical (unpaired) electrons. The molecule has 1 heterocycles. The molecular formula is C15H20ClN3O2. The summed E-state index contributed by atoms with van der Waals surface area (Å²) in [7, 11) is 1.95. The number of likely N-dealkylation sites (N-methyl/N-ethyl adjacent to an activating group) is 1. The zero-order valence-electron chi connectivity index (χ0n) is 12.5. The summed E-state index contributed by atoms with van der Waals surface area (Å²) >= 11 is 5.95. The van der Waals surface area contributed by atoms with E-state index in [9.17, 15) is 5.11 Å². The van der Waals surface area contributed by atoms with Gasteiger partial charge in [-0.3, -0.25) is 0 Å². The molecule has 0 aliphatic carbocycles. The molecule has 1 N–H and O–H groups in total. The zero-order chi connectivity index (χ0) is 15.5. The summed E-state index contributed by atoms with van der Waals surface area (Å²) in [6.45, 7) is 4.89. The Kier molecular flexibility index (Phi) is 4.98. The highest BCUT2D eigenvalue weighted by atomic mass is 35.5. The first-order valence-corrected chi connectivity index (χ1v) is 7.21. The maximum absolute atomic E-state index is 9.76. The number of nitrogens with zero attached hydrogens (tertiary/aromatic N) is 3. The van der Waals surface area contributed by atoms with Crippen LogP contribution in [-0.4, -0.2) is 45.9 Å². The fourth-order valence-corrected chi connectivity index (χ4v) is 2.32. The third-order valence-corrected chi connectivity index (χ3v) is 3.15. The summed E-state index contributed by atoms with van der Waals surface area (Å²) in [6, 6.07) is 7.35. The molecule has 6 heteroatoms. The van der Waals surface area contributed by atoms with Gasteiger partial charge in [-0.15, -0.1) is 0 Å². The van der Waals surface area contributed by atoms with Crippen LogP contribution in [0.1, 0.15) is 19.7 Å². The first-order chi connectivity index (χ1) is 9.83. The van der Waals surface area contributed by atoms with Gasteiger partial charge in [0.1, 0.15) is 0 Å². The predicted molar refractivity (Wildman–Crippen MR) is 82.2 cm³/mol. The normalized spacial score (nSPS) is 12.1. The summed E-state index contributed by atoms with van der Waals surface area (Å²) in [6.07, 6.45) is 0.639. The lowest BCUT2D eigenvalue weighted by Gasteiger charge is -2.24. The molecule has 0 aliphatic heterocycles. The molecule has 0 bridgehead atoms. The maximum Gasteiger partial charge on any atom is 0.228 e. The lowest BCUT2D eigenvalue weighted by Crippen LogP contribution is -2.37. The van der Waals surface area contributed by atoms with Crippen LogP contribution < -0.4 is 0 Å². The Morgan fingerprint density at radius 2 is 2.14 bits per heavy atom. The number of benzene rings is 1. The van der Waals surface area contributed by atoms with Crippen LogP contribution in [0.15, 0.2) is 28.8 Å². The van der Waals surface area contributed by atoms with Crippen molar-refractivity contribution in [3.8, 4) is 11.4 Å². The van der Waals surface area contributed by atoms with E-state index in [1.165, 1.54) is 0 Å². The number of hydrogen-bond acceptors (Lipinski definition) is 5. The van der Waals surface area contributed by atoms with Crippen molar-refractivity contribution in [1.82, 2.24) is 15.0 Å². The fraction of sp³-hybridized carbons (Fsp3) is 0.467. The van der Waals surface area contributed by atoms with Gasteiger partial charge in [0.25, 0.3) is 0 Å². The van der Waals surface area contributed by atoms with Crippen LogP contribution in [0, 0.1) is 0 Å². The summed E-state index contributed by atoms with van der Waals surface area (Å²) in [5.41, 5.74) is 0.123. The van der Waals surface area contributed by atoms with E-state index in [1.807, 2.05) is 24.1 Å². The van der Waals surface area contributed by atoms with Crippen molar-refractivity contribution in [1.29, 1.82) is 0 Å². The van der Waals surface area contributed by atoms with Gasteiger partial charge in [-0.1, -0.05) is 28.9 Å². The second-order valence-electron chi connectivity index (χ2n) is 5.82. The highest BCUT2D eigenvalue weighted by Gasteiger charge is 2.16. The molecule has 2 aromatic rings. The first-order valence-electron chi connectivity index (χ1n) is 6.83. The summed E-state index contributed by atoms with van der Waals surface area (Å²) in [5, 5.41) is 14.4. The number of aromatic nitrogens is 2. The first kappa shape index (κ1) is 15.9. The average molecular weight is 310 g/mol. The summed E-state index contributed by atoms with van der Waals surface area (Å²) < 4.78 is 5.25. The van der Waals surface area contributed by atoms with Crippen molar-refractivity contribution < 1.29 is 9.63 Å². The topological polar surface area (TPSA) is 62.4 Å². The van der Waals surface area contributed by atoms with Crippen LogP contribution in [-0.2, 0) is 6.42 Å². The summed E-state index contributed by atoms with van der Waals surface area (Å²) in [4.78, 5) is 6.40. The molecule has 0 atom stereocenters. The SMILES string of the molecule is CN(CCc1nc(-c2cccc(Cl)c2)no1)CC(C)(C)O. The molecule has 5 nitrogen and oxygen atoms in total. The molecule has 1 aromatic heterocycles. The molecule has 21 heavy (non-hydrogen) atoms. The Hall–Kier alpha value is -1.43. The van der Waals surface area contributed by atoms with Crippen molar-refractivity contribution in [3.05, 3.63) is 35.2 Å². The highest BCUT2D eigenvalue weighted by Crippen LogP contribution is 2.20. The maximum atomic E-state index is 9.76. The summed E-state index contributed by atoms with van der Waals surface area (Å²) in [5.74, 6) is 1.12. The quantitative estimate of drug-likeness (QED) is 0.889. The molecule has 0 unspecified atom stereocenters. The highest BCUT2D eigenvalue weighted by molar-refractivity contribution is 6.30.